The highest BCUT2D eigenvalue weighted by atomic mass is 16.6. The number of amides is 3. The molecular formula is C23H30N4O5. The molecule has 1 aliphatic rings. The molecule has 1 aromatic carbocycles. The van der Waals surface area contributed by atoms with Crippen LogP contribution in [0.4, 0.5) is 4.79 Å². The van der Waals surface area contributed by atoms with Gasteiger partial charge in [0, 0.05) is 56.4 Å². The van der Waals surface area contributed by atoms with Crippen LogP contribution in [0.5, 0.6) is 0 Å². The molecule has 1 saturated heterocycles. The summed E-state index contributed by atoms with van der Waals surface area (Å²) in [5.41, 5.74) is 1.02. The van der Waals surface area contributed by atoms with Gasteiger partial charge in [-0.3, -0.25) is 14.4 Å². The van der Waals surface area contributed by atoms with Crippen molar-refractivity contribution in [1.82, 2.24) is 19.3 Å². The largest absolute Gasteiger partial charge is 0.450 e. The van der Waals surface area contributed by atoms with Gasteiger partial charge >= 0.3 is 6.09 Å². The third kappa shape index (κ3) is 4.76. The molecule has 2 heterocycles. The van der Waals surface area contributed by atoms with Gasteiger partial charge in [-0.05, 0) is 26.8 Å². The first kappa shape index (κ1) is 23.3. The fourth-order valence-corrected chi connectivity index (χ4v) is 3.95. The summed E-state index contributed by atoms with van der Waals surface area (Å²) in [6, 6.07) is 7.26. The molecule has 0 atom stereocenters. The number of ketones is 1. The first-order valence-corrected chi connectivity index (χ1v) is 11.0. The molecule has 3 amide bonds. The number of aromatic nitrogens is 1. The molecule has 32 heavy (non-hydrogen) atoms. The maximum Gasteiger partial charge on any atom is 0.409 e. The summed E-state index contributed by atoms with van der Waals surface area (Å²) in [5, 5.41) is 0.642. The average molecular weight is 443 g/mol. The van der Waals surface area contributed by atoms with Crippen LogP contribution < -0.4 is 0 Å². The van der Waals surface area contributed by atoms with Crippen molar-refractivity contribution >= 4 is 34.6 Å². The Kier molecular flexibility index (Phi) is 7.50. The number of Topliss-reactive ketones (excluding diaryl/α,β-unsaturated/α-hetero) is 1. The predicted molar refractivity (Wildman–Crippen MR) is 119 cm³/mol. The van der Waals surface area contributed by atoms with E-state index in [2.05, 4.69) is 0 Å². The van der Waals surface area contributed by atoms with Crippen LogP contribution in [0.3, 0.4) is 0 Å². The van der Waals surface area contributed by atoms with Crippen molar-refractivity contribution in [3.63, 3.8) is 0 Å². The highest BCUT2D eigenvalue weighted by Gasteiger charge is 2.30. The van der Waals surface area contributed by atoms with E-state index in [1.54, 1.807) is 34.7 Å². The number of benzene rings is 1. The fourth-order valence-electron chi connectivity index (χ4n) is 3.95. The van der Waals surface area contributed by atoms with Gasteiger partial charge in [-0.2, -0.15) is 0 Å². The van der Waals surface area contributed by atoms with Crippen molar-refractivity contribution in [3.8, 4) is 0 Å². The van der Waals surface area contributed by atoms with Crippen LogP contribution >= 0.6 is 0 Å². The summed E-state index contributed by atoms with van der Waals surface area (Å²) in [5.74, 6) is -1.26. The van der Waals surface area contributed by atoms with Gasteiger partial charge < -0.3 is 24.0 Å². The molecule has 3 rings (SSSR count). The summed E-state index contributed by atoms with van der Waals surface area (Å²) >= 11 is 0. The van der Waals surface area contributed by atoms with Crippen molar-refractivity contribution < 1.29 is 23.9 Å². The van der Waals surface area contributed by atoms with Crippen LogP contribution in [0, 0.1) is 0 Å². The predicted octanol–water partition coefficient (Wildman–Crippen LogP) is 1.99. The number of nitrogens with zero attached hydrogens (tertiary/aromatic N) is 4. The Morgan fingerprint density at radius 3 is 2.19 bits per heavy atom. The van der Waals surface area contributed by atoms with Crippen LogP contribution in [-0.4, -0.2) is 88.8 Å². The Hall–Kier alpha value is -3.36. The van der Waals surface area contributed by atoms with Crippen LogP contribution in [0.1, 0.15) is 31.1 Å². The van der Waals surface area contributed by atoms with E-state index in [1.165, 1.54) is 9.80 Å². The minimum Gasteiger partial charge on any atom is -0.450 e. The summed E-state index contributed by atoms with van der Waals surface area (Å²) in [6.07, 6.45) is 1.19. The summed E-state index contributed by atoms with van der Waals surface area (Å²) in [6.45, 7) is 8.35. The number of rotatable bonds is 7. The van der Waals surface area contributed by atoms with Crippen LogP contribution in [0.2, 0.25) is 0 Å². The van der Waals surface area contributed by atoms with E-state index in [9.17, 15) is 19.2 Å². The number of piperazine rings is 1. The Morgan fingerprint density at radius 2 is 1.56 bits per heavy atom. The zero-order chi connectivity index (χ0) is 23.3. The Balaban J connectivity index is 1.77. The Morgan fingerprint density at radius 1 is 0.938 bits per heavy atom. The molecule has 1 aliphatic heterocycles. The molecule has 0 spiro atoms. The van der Waals surface area contributed by atoms with Gasteiger partial charge in [-0.15, -0.1) is 0 Å². The number of hydrogen-bond acceptors (Lipinski definition) is 5. The van der Waals surface area contributed by atoms with Crippen LogP contribution in [-0.2, 0) is 20.9 Å². The molecule has 0 radical (unpaired) electrons. The van der Waals surface area contributed by atoms with Crippen LogP contribution in [0.15, 0.2) is 30.5 Å². The van der Waals surface area contributed by atoms with Crippen molar-refractivity contribution in [1.29, 1.82) is 0 Å². The van der Waals surface area contributed by atoms with Crippen LogP contribution in [0.25, 0.3) is 10.9 Å². The van der Waals surface area contributed by atoms with E-state index in [-0.39, 0.29) is 37.7 Å². The SMILES string of the molecule is CCOC(=O)N1CCN(C(=O)C(=O)c2cn(CC(=O)N(CC)CC)c3ccccc23)CC1. The maximum absolute atomic E-state index is 13.1. The summed E-state index contributed by atoms with van der Waals surface area (Å²) < 4.78 is 6.72. The Bertz CT molecular complexity index is 1000. The molecule has 0 unspecified atom stereocenters. The summed E-state index contributed by atoms with van der Waals surface area (Å²) in [4.78, 5) is 55.2. The second kappa shape index (κ2) is 10.3. The average Bonchev–Trinajstić information content (AvgIpc) is 3.17. The number of fused-ring (bicyclic) bond motifs is 1. The molecule has 9 nitrogen and oxygen atoms in total. The summed E-state index contributed by atoms with van der Waals surface area (Å²) in [7, 11) is 0. The normalized spacial score (nSPS) is 13.8. The zero-order valence-corrected chi connectivity index (χ0v) is 18.9. The molecule has 172 valence electrons. The molecule has 2 aromatic rings. The molecule has 0 bridgehead atoms. The maximum atomic E-state index is 13.1. The van der Waals surface area contributed by atoms with E-state index in [1.807, 2.05) is 26.0 Å². The lowest BCUT2D eigenvalue weighted by Crippen LogP contribution is -2.52. The minimum absolute atomic E-state index is 0.0452. The second-order valence-corrected chi connectivity index (χ2v) is 7.56. The molecule has 1 fully saturated rings. The van der Waals surface area contributed by atoms with E-state index in [0.717, 1.165) is 5.52 Å². The highest BCUT2D eigenvalue weighted by Crippen LogP contribution is 2.23. The van der Waals surface area contributed by atoms with Gasteiger partial charge in [0.05, 0.1) is 12.2 Å². The number of carbonyl (C=O) groups excluding carboxylic acids is 4. The molecule has 0 N–H and O–H groups in total. The highest BCUT2D eigenvalue weighted by molar-refractivity contribution is 6.44. The topological polar surface area (TPSA) is 92.2 Å². The van der Waals surface area contributed by atoms with E-state index < -0.39 is 17.8 Å². The fraction of sp³-hybridized carbons (Fsp3) is 0.478. The van der Waals surface area contributed by atoms with Gasteiger partial charge in [0.25, 0.3) is 11.7 Å². The third-order valence-electron chi connectivity index (χ3n) is 5.74. The number of para-hydroxylation sites is 1. The van der Waals surface area contributed by atoms with Gasteiger partial charge in [-0.25, -0.2) is 4.79 Å². The van der Waals surface area contributed by atoms with E-state index >= 15 is 0 Å². The van der Waals surface area contributed by atoms with Gasteiger partial charge in [-0.1, -0.05) is 18.2 Å². The van der Waals surface area contributed by atoms with Gasteiger partial charge in [0.15, 0.2) is 0 Å². The number of carbonyl (C=O) groups is 4. The number of likely N-dealkylation sites (N-methyl/N-ethyl adjacent to an activating group) is 1. The Labute approximate surface area is 187 Å². The quantitative estimate of drug-likeness (QED) is 0.483. The van der Waals surface area contributed by atoms with Gasteiger partial charge in [0.2, 0.25) is 5.91 Å². The number of ether oxygens (including phenoxy) is 1. The van der Waals surface area contributed by atoms with Crippen molar-refractivity contribution in [2.75, 3.05) is 45.9 Å². The minimum atomic E-state index is -0.611. The first-order chi connectivity index (χ1) is 15.4. The zero-order valence-electron chi connectivity index (χ0n) is 18.9. The van der Waals surface area contributed by atoms with Crippen molar-refractivity contribution in [2.45, 2.75) is 27.3 Å². The molecule has 0 aliphatic carbocycles. The van der Waals surface area contributed by atoms with Crippen molar-refractivity contribution in [2.24, 2.45) is 0 Å². The lowest BCUT2D eigenvalue weighted by molar-refractivity contribution is -0.131. The van der Waals surface area contributed by atoms with Crippen molar-refractivity contribution in [3.05, 3.63) is 36.0 Å². The lowest BCUT2D eigenvalue weighted by Gasteiger charge is -2.33. The molecule has 1 aromatic heterocycles. The smallest absolute Gasteiger partial charge is 0.409 e. The van der Waals surface area contributed by atoms with Gasteiger partial charge in [0.1, 0.15) is 6.54 Å². The first-order valence-electron chi connectivity index (χ1n) is 11.0. The van der Waals surface area contributed by atoms with E-state index in [0.29, 0.717) is 31.6 Å². The molecule has 9 heteroatoms. The second-order valence-electron chi connectivity index (χ2n) is 7.56. The monoisotopic (exact) mass is 442 g/mol. The standard InChI is InChI=1S/C23H30N4O5/c1-4-24(5-2)20(28)16-27-15-18(17-9-7-8-10-19(17)27)21(29)22(30)25-11-13-26(14-12-25)23(31)32-6-3/h7-10,15H,4-6,11-14,16H2,1-3H3. The van der Waals surface area contributed by atoms with E-state index in [4.69, 9.17) is 4.74 Å². The lowest BCUT2D eigenvalue weighted by atomic mass is 10.1. The molecular weight excluding hydrogens is 412 g/mol. The number of hydrogen-bond donors (Lipinski definition) is 0. The third-order valence-corrected chi connectivity index (χ3v) is 5.74. The molecule has 0 saturated carbocycles.